The summed E-state index contributed by atoms with van der Waals surface area (Å²) in [6, 6.07) is 14.3. The van der Waals surface area contributed by atoms with Gasteiger partial charge in [-0.15, -0.1) is 5.10 Å². The summed E-state index contributed by atoms with van der Waals surface area (Å²) in [6.45, 7) is 8.19. The van der Waals surface area contributed by atoms with E-state index < -0.39 is 13.7 Å². The molecule has 0 unspecified atom stereocenters. The number of aromatic nitrogens is 3. The van der Waals surface area contributed by atoms with Gasteiger partial charge in [-0.3, -0.25) is 14.3 Å². The second-order valence-corrected chi connectivity index (χ2v) is 17.3. The van der Waals surface area contributed by atoms with E-state index in [1.807, 2.05) is 48.5 Å². The van der Waals surface area contributed by atoms with Crippen molar-refractivity contribution in [2.24, 2.45) is 5.92 Å². The molecule has 2 saturated heterocycles. The molecule has 2 amide bonds. The lowest BCUT2D eigenvalue weighted by atomic mass is 9.82. The number of nitrogens with zero attached hydrogens (tertiary/aromatic N) is 5. The zero-order valence-electron chi connectivity index (χ0n) is 25.6. The first-order valence-electron chi connectivity index (χ1n) is 15.2. The van der Waals surface area contributed by atoms with Crippen LogP contribution in [-0.2, 0) is 32.9 Å². The minimum absolute atomic E-state index is 0.0221. The second kappa shape index (κ2) is 11.2. The number of aliphatic hydroxyl groups is 1. The Morgan fingerprint density at radius 1 is 1.16 bits per heavy atom. The molecule has 0 radical (unpaired) electrons. The molecule has 3 aromatic rings. The highest BCUT2D eigenvalue weighted by molar-refractivity contribution is 6.91. The highest BCUT2D eigenvalue weighted by Gasteiger charge is 2.65. The van der Waals surface area contributed by atoms with Crippen molar-refractivity contribution in [3.8, 4) is 5.75 Å². The van der Waals surface area contributed by atoms with Gasteiger partial charge in [-0.2, -0.15) is 0 Å². The summed E-state index contributed by atoms with van der Waals surface area (Å²) in [5.74, 6) is 0.748. The Balaban J connectivity index is 1.41. The van der Waals surface area contributed by atoms with Crippen molar-refractivity contribution in [2.45, 2.75) is 69.5 Å². The largest absolute Gasteiger partial charge is 0.497 e. The predicted octanol–water partition coefficient (Wildman–Crippen LogP) is 3.23. The van der Waals surface area contributed by atoms with E-state index in [9.17, 15) is 14.7 Å². The molecular formula is C32H41N5O5Si. The summed E-state index contributed by atoms with van der Waals surface area (Å²) >= 11 is 0. The van der Waals surface area contributed by atoms with E-state index in [4.69, 9.17) is 9.47 Å². The molecule has 1 N–H and O–H groups in total. The van der Waals surface area contributed by atoms with Gasteiger partial charge in [0.05, 0.1) is 32.7 Å². The fourth-order valence-electron chi connectivity index (χ4n) is 7.70. The highest BCUT2D eigenvalue weighted by Crippen LogP contribution is 2.60. The van der Waals surface area contributed by atoms with E-state index in [1.54, 1.807) is 16.7 Å². The number of ether oxygens (including phenoxy) is 2. The number of likely N-dealkylation sites (N-methyl/N-ethyl adjacent to an activating group) is 1. The maximum absolute atomic E-state index is 14.3. The van der Waals surface area contributed by atoms with Gasteiger partial charge in [0.1, 0.15) is 5.75 Å². The summed E-state index contributed by atoms with van der Waals surface area (Å²) in [5, 5.41) is 19.1. The SMILES string of the molecule is COc1ccc([Si](C)(C)[C@H]2[C@H](CCn3cc(CCO)nn3)O[C@@]3(C(=O)N(C)c4ccc(N5CCCC5=O)cc43)[C@@H]2C)cc1. The molecule has 3 aliphatic rings. The Hall–Kier alpha value is -3.54. The Kier molecular flexibility index (Phi) is 7.68. The van der Waals surface area contributed by atoms with Gasteiger partial charge < -0.3 is 24.4 Å². The number of aryl methyl sites for hydroxylation is 1. The van der Waals surface area contributed by atoms with Crippen molar-refractivity contribution in [1.29, 1.82) is 0 Å². The number of aliphatic hydroxyl groups excluding tert-OH is 1. The second-order valence-electron chi connectivity index (χ2n) is 12.6. The lowest BCUT2D eigenvalue weighted by Crippen LogP contribution is -2.51. The van der Waals surface area contributed by atoms with Gasteiger partial charge in [0.25, 0.3) is 5.91 Å². The monoisotopic (exact) mass is 603 g/mol. The molecule has 4 atom stereocenters. The summed E-state index contributed by atoms with van der Waals surface area (Å²) in [4.78, 5) is 30.6. The lowest BCUT2D eigenvalue weighted by molar-refractivity contribution is -0.145. The summed E-state index contributed by atoms with van der Waals surface area (Å²) in [6.07, 6.45) is 4.14. The van der Waals surface area contributed by atoms with E-state index in [-0.39, 0.29) is 36.0 Å². The number of fused-ring (bicyclic) bond motifs is 2. The van der Waals surface area contributed by atoms with E-state index in [1.165, 1.54) is 5.19 Å². The molecular weight excluding hydrogens is 562 g/mol. The van der Waals surface area contributed by atoms with Crippen LogP contribution < -0.4 is 19.7 Å². The molecule has 4 heterocycles. The Morgan fingerprint density at radius 3 is 2.60 bits per heavy atom. The number of rotatable bonds is 9. The summed E-state index contributed by atoms with van der Waals surface area (Å²) in [7, 11) is 1.22. The molecule has 11 heteroatoms. The standard InChI is InChI=1S/C32H41N5O5Si/c1-21-30(43(4,5)25-11-9-24(41-3)10-12-25)28(14-17-36-20-22(15-18-38)33-34-36)42-32(21)26-19-23(37-16-6-7-29(37)39)8-13-27(26)35(2)31(32)40/h8-13,19-21,28,30,38H,6-7,14-18H2,1-5H3/t21-,28+,30-,32+/m1/s1. The van der Waals surface area contributed by atoms with Crippen LogP contribution in [0.25, 0.3) is 0 Å². The lowest BCUT2D eigenvalue weighted by Gasteiger charge is -2.37. The Bertz CT molecular complexity index is 1520. The van der Waals surface area contributed by atoms with E-state index >= 15 is 0 Å². The Labute approximate surface area is 253 Å². The van der Waals surface area contributed by atoms with Gasteiger partial charge in [0, 0.05) is 63.0 Å². The first-order chi connectivity index (χ1) is 20.6. The zero-order chi connectivity index (χ0) is 30.5. The van der Waals surface area contributed by atoms with Crippen molar-refractivity contribution in [3.63, 3.8) is 0 Å². The van der Waals surface area contributed by atoms with Gasteiger partial charge in [0.2, 0.25) is 5.91 Å². The average Bonchev–Trinajstić information content (AvgIpc) is 3.76. The number of hydrogen-bond acceptors (Lipinski definition) is 7. The van der Waals surface area contributed by atoms with Crippen molar-refractivity contribution < 1.29 is 24.2 Å². The van der Waals surface area contributed by atoms with Crippen LogP contribution in [0.2, 0.25) is 18.6 Å². The number of anilines is 2. The van der Waals surface area contributed by atoms with Crippen molar-refractivity contribution in [1.82, 2.24) is 15.0 Å². The van der Waals surface area contributed by atoms with Crippen LogP contribution in [0.1, 0.15) is 37.4 Å². The van der Waals surface area contributed by atoms with Gasteiger partial charge in [-0.05, 0) is 48.7 Å². The maximum Gasteiger partial charge on any atom is 0.264 e. The first-order valence-corrected chi connectivity index (χ1v) is 18.2. The molecule has 228 valence electrons. The van der Waals surface area contributed by atoms with Crippen molar-refractivity contribution >= 4 is 36.4 Å². The number of carbonyl (C=O) groups excluding carboxylic acids is 2. The van der Waals surface area contributed by atoms with Crippen LogP contribution >= 0.6 is 0 Å². The number of benzene rings is 2. The average molecular weight is 604 g/mol. The molecule has 0 bridgehead atoms. The van der Waals surface area contributed by atoms with Crippen LogP contribution in [0.4, 0.5) is 11.4 Å². The third-order valence-corrected chi connectivity index (χ3v) is 14.3. The quantitative estimate of drug-likeness (QED) is 0.374. The van der Waals surface area contributed by atoms with Gasteiger partial charge in [-0.25, -0.2) is 0 Å². The van der Waals surface area contributed by atoms with Crippen LogP contribution in [0, 0.1) is 5.92 Å². The molecule has 1 aromatic heterocycles. The zero-order valence-corrected chi connectivity index (χ0v) is 26.6. The highest BCUT2D eigenvalue weighted by atomic mass is 28.3. The molecule has 2 fully saturated rings. The summed E-state index contributed by atoms with van der Waals surface area (Å²) in [5.41, 5.74) is 2.20. The van der Waals surface area contributed by atoms with Crippen LogP contribution in [0.5, 0.6) is 5.75 Å². The van der Waals surface area contributed by atoms with E-state index in [2.05, 4.69) is 42.5 Å². The van der Waals surface area contributed by atoms with Gasteiger partial charge in [-0.1, -0.05) is 42.6 Å². The Morgan fingerprint density at radius 2 is 1.93 bits per heavy atom. The fourth-order valence-corrected chi connectivity index (χ4v) is 11.8. The van der Waals surface area contributed by atoms with Gasteiger partial charge in [0.15, 0.2) is 5.60 Å². The third kappa shape index (κ3) is 4.78. The van der Waals surface area contributed by atoms with Crippen molar-refractivity contribution in [3.05, 3.63) is 59.9 Å². The smallest absolute Gasteiger partial charge is 0.264 e. The number of amides is 2. The minimum Gasteiger partial charge on any atom is -0.497 e. The van der Waals surface area contributed by atoms with Crippen molar-refractivity contribution in [2.75, 3.05) is 37.1 Å². The molecule has 43 heavy (non-hydrogen) atoms. The number of carbonyl (C=O) groups is 2. The molecule has 0 aliphatic carbocycles. The molecule has 3 aliphatic heterocycles. The van der Waals surface area contributed by atoms with Crippen LogP contribution in [0.3, 0.4) is 0 Å². The third-order valence-electron chi connectivity index (χ3n) is 9.93. The molecule has 2 aromatic carbocycles. The number of hydrogen-bond donors (Lipinski definition) is 1. The topological polar surface area (TPSA) is 110 Å². The molecule has 10 nitrogen and oxygen atoms in total. The van der Waals surface area contributed by atoms with E-state index in [0.717, 1.165) is 34.8 Å². The normalized spacial score (nSPS) is 25.3. The van der Waals surface area contributed by atoms with Gasteiger partial charge >= 0.3 is 0 Å². The fraction of sp³-hybridized carbons (Fsp3) is 0.500. The first kappa shape index (κ1) is 29.5. The molecule has 0 saturated carbocycles. The van der Waals surface area contributed by atoms with Crippen LogP contribution in [0.15, 0.2) is 48.7 Å². The number of methoxy groups -OCH3 is 1. The maximum atomic E-state index is 14.3. The van der Waals surface area contributed by atoms with Crippen LogP contribution in [-0.4, -0.2) is 73.4 Å². The minimum atomic E-state index is -2.26. The predicted molar refractivity (Wildman–Crippen MR) is 166 cm³/mol. The molecule has 6 rings (SSSR count). The van der Waals surface area contributed by atoms with E-state index in [0.29, 0.717) is 32.4 Å². The summed E-state index contributed by atoms with van der Waals surface area (Å²) < 4.78 is 14.4. The molecule has 1 spiro atoms.